The predicted octanol–water partition coefficient (Wildman–Crippen LogP) is 1.67. The van der Waals surface area contributed by atoms with Crippen LogP contribution in [-0.2, 0) is 11.0 Å². The van der Waals surface area contributed by atoms with E-state index in [2.05, 4.69) is 10.3 Å². The zero-order chi connectivity index (χ0) is 17.2. The number of carbonyl (C=O) groups excluding carboxylic acids is 1. The molecule has 128 valence electrons. The molecule has 23 heavy (non-hydrogen) atoms. The van der Waals surface area contributed by atoms with Crippen LogP contribution in [0.2, 0.25) is 0 Å². The molecule has 1 aromatic heterocycles. The zero-order valence-corrected chi connectivity index (χ0v) is 13.0. The van der Waals surface area contributed by atoms with Gasteiger partial charge in [0.15, 0.2) is 0 Å². The van der Waals surface area contributed by atoms with E-state index < -0.39 is 24.3 Å². The number of nitrogens with zero attached hydrogens (tertiary/aromatic N) is 2. The van der Waals surface area contributed by atoms with Gasteiger partial charge in [0.05, 0.1) is 11.6 Å². The van der Waals surface area contributed by atoms with Crippen molar-refractivity contribution in [2.75, 3.05) is 24.6 Å². The Morgan fingerprint density at radius 3 is 2.74 bits per heavy atom. The Morgan fingerprint density at radius 2 is 2.17 bits per heavy atom. The summed E-state index contributed by atoms with van der Waals surface area (Å²) in [7, 11) is 0. The van der Waals surface area contributed by atoms with Crippen LogP contribution in [0.3, 0.4) is 0 Å². The van der Waals surface area contributed by atoms with Gasteiger partial charge in [-0.1, -0.05) is 13.8 Å². The highest BCUT2D eigenvalue weighted by molar-refractivity contribution is 5.77. The lowest BCUT2D eigenvalue weighted by molar-refractivity contribution is -0.137. The number of halogens is 3. The van der Waals surface area contributed by atoms with Crippen molar-refractivity contribution in [1.82, 2.24) is 10.3 Å². The van der Waals surface area contributed by atoms with E-state index >= 15 is 0 Å². The van der Waals surface area contributed by atoms with Crippen molar-refractivity contribution in [3.63, 3.8) is 0 Å². The molecule has 1 amide bonds. The number of aliphatic hydroxyl groups is 1. The molecule has 2 atom stereocenters. The highest BCUT2D eigenvalue weighted by atomic mass is 19.4. The molecule has 5 nitrogen and oxygen atoms in total. The molecular weight excluding hydrogens is 311 g/mol. The van der Waals surface area contributed by atoms with Gasteiger partial charge >= 0.3 is 6.18 Å². The van der Waals surface area contributed by atoms with Crippen molar-refractivity contribution < 1.29 is 23.1 Å². The third kappa shape index (κ3) is 4.13. The molecular formula is C15H20F3N3O2. The van der Waals surface area contributed by atoms with E-state index in [0.717, 1.165) is 18.3 Å². The third-order valence-corrected chi connectivity index (χ3v) is 4.11. The summed E-state index contributed by atoms with van der Waals surface area (Å²) in [6.07, 6.45) is -3.28. The van der Waals surface area contributed by atoms with Gasteiger partial charge in [0.25, 0.3) is 0 Å². The number of aromatic nitrogens is 1. The summed E-state index contributed by atoms with van der Waals surface area (Å²) < 4.78 is 38.5. The van der Waals surface area contributed by atoms with Crippen LogP contribution >= 0.6 is 0 Å². The third-order valence-electron chi connectivity index (χ3n) is 4.11. The minimum Gasteiger partial charge on any atom is -0.387 e. The number of alkyl halides is 3. The van der Waals surface area contributed by atoms with Gasteiger partial charge in [0.2, 0.25) is 5.91 Å². The first-order valence-corrected chi connectivity index (χ1v) is 7.40. The molecule has 0 spiro atoms. The summed E-state index contributed by atoms with van der Waals surface area (Å²) >= 11 is 0. The van der Waals surface area contributed by atoms with Gasteiger partial charge in [-0.05, 0) is 18.1 Å². The summed E-state index contributed by atoms with van der Waals surface area (Å²) in [6, 6.07) is 1.73. The Morgan fingerprint density at radius 1 is 1.48 bits per heavy atom. The first-order chi connectivity index (χ1) is 10.7. The number of anilines is 1. The summed E-state index contributed by atoms with van der Waals surface area (Å²) in [4.78, 5) is 17.2. The van der Waals surface area contributed by atoms with E-state index in [1.54, 1.807) is 4.90 Å². The van der Waals surface area contributed by atoms with Crippen LogP contribution in [0.25, 0.3) is 0 Å². The highest BCUT2D eigenvalue weighted by Gasteiger charge is 2.37. The molecule has 1 fully saturated rings. The molecule has 0 radical (unpaired) electrons. The van der Waals surface area contributed by atoms with E-state index in [1.807, 2.05) is 13.8 Å². The van der Waals surface area contributed by atoms with Crippen molar-refractivity contribution >= 4 is 11.7 Å². The van der Waals surface area contributed by atoms with Gasteiger partial charge in [-0.3, -0.25) is 4.79 Å². The minimum absolute atomic E-state index is 0.0712. The molecule has 0 aliphatic carbocycles. The lowest BCUT2D eigenvalue weighted by atomic mass is 9.91. The number of nitrogens with one attached hydrogen (secondary N) is 1. The van der Waals surface area contributed by atoms with Gasteiger partial charge in [-0.15, -0.1) is 0 Å². The number of aliphatic hydroxyl groups excluding tert-OH is 1. The minimum atomic E-state index is -4.42. The molecule has 2 N–H and O–H groups in total. The van der Waals surface area contributed by atoms with E-state index in [9.17, 15) is 18.0 Å². The summed E-state index contributed by atoms with van der Waals surface area (Å²) in [5, 5.41) is 11.6. The maximum absolute atomic E-state index is 12.8. The molecule has 1 aliphatic rings. The maximum atomic E-state index is 12.8. The molecule has 2 rings (SSSR count). The van der Waals surface area contributed by atoms with Gasteiger partial charge in [0.1, 0.15) is 12.4 Å². The lowest BCUT2D eigenvalue weighted by Gasteiger charge is -2.22. The standard InChI is InChI=1S/C15H20F3N3O2/c1-9(2)11-6-21(7-12(11)20-14(23)8-22)13-5-10(3-4-19-13)15(16,17)18/h3-5,9,11-12,22H,6-8H2,1-2H3,(H,20,23)/t11-,12+/m1/s1. The number of hydrogen-bond donors (Lipinski definition) is 2. The maximum Gasteiger partial charge on any atom is 0.416 e. The smallest absolute Gasteiger partial charge is 0.387 e. The fraction of sp³-hybridized carbons (Fsp3) is 0.600. The number of carbonyl (C=O) groups is 1. The SMILES string of the molecule is CC(C)[C@H]1CN(c2cc(C(F)(F)F)ccn2)C[C@@H]1NC(=O)CO. The Labute approximate surface area is 132 Å². The number of amides is 1. The van der Waals surface area contributed by atoms with Crippen LogP contribution in [0.5, 0.6) is 0 Å². The van der Waals surface area contributed by atoms with E-state index in [4.69, 9.17) is 5.11 Å². The average molecular weight is 331 g/mol. The number of pyridine rings is 1. The van der Waals surface area contributed by atoms with Crippen LogP contribution < -0.4 is 10.2 Å². The van der Waals surface area contributed by atoms with Gasteiger partial charge in [-0.2, -0.15) is 13.2 Å². The van der Waals surface area contributed by atoms with Crippen molar-refractivity contribution in [3.8, 4) is 0 Å². The average Bonchev–Trinajstić information content (AvgIpc) is 2.90. The van der Waals surface area contributed by atoms with Crippen LogP contribution in [0.1, 0.15) is 19.4 Å². The normalized spacial score (nSPS) is 21.8. The second-order valence-electron chi connectivity index (χ2n) is 6.05. The van der Waals surface area contributed by atoms with Gasteiger partial charge in [0, 0.05) is 25.2 Å². The summed E-state index contributed by atoms with van der Waals surface area (Å²) in [5.41, 5.74) is -0.744. The molecule has 8 heteroatoms. The Hall–Kier alpha value is -1.83. The van der Waals surface area contributed by atoms with Gasteiger partial charge < -0.3 is 15.3 Å². The van der Waals surface area contributed by atoms with Crippen molar-refractivity contribution in [2.24, 2.45) is 11.8 Å². The first-order valence-electron chi connectivity index (χ1n) is 7.40. The topological polar surface area (TPSA) is 65.5 Å². The summed E-state index contributed by atoms with van der Waals surface area (Å²) in [5.74, 6) is 0.0577. The summed E-state index contributed by atoms with van der Waals surface area (Å²) in [6.45, 7) is 4.24. The molecule has 2 heterocycles. The monoisotopic (exact) mass is 331 g/mol. The molecule has 0 unspecified atom stereocenters. The molecule has 0 aromatic carbocycles. The van der Waals surface area contributed by atoms with E-state index in [-0.39, 0.29) is 23.7 Å². The van der Waals surface area contributed by atoms with E-state index in [0.29, 0.717) is 13.1 Å². The Bertz CT molecular complexity index is 563. The lowest BCUT2D eigenvalue weighted by Crippen LogP contribution is -2.43. The number of rotatable bonds is 4. The molecule has 0 bridgehead atoms. The van der Waals surface area contributed by atoms with E-state index in [1.165, 1.54) is 0 Å². The largest absolute Gasteiger partial charge is 0.416 e. The second kappa shape index (κ2) is 6.74. The van der Waals surface area contributed by atoms with Crippen molar-refractivity contribution in [3.05, 3.63) is 23.9 Å². The fourth-order valence-corrected chi connectivity index (χ4v) is 2.86. The molecule has 1 aliphatic heterocycles. The fourth-order valence-electron chi connectivity index (χ4n) is 2.86. The van der Waals surface area contributed by atoms with Crippen molar-refractivity contribution in [1.29, 1.82) is 0 Å². The van der Waals surface area contributed by atoms with Crippen LogP contribution in [0, 0.1) is 11.8 Å². The Balaban J connectivity index is 2.20. The molecule has 1 aromatic rings. The number of hydrogen-bond acceptors (Lipinski definition) is 4. The Kier molecular flexibility index (Phi) is 5.13. The predicted molar refractivity (Wildman–Crippen MR) is 78.8 cm³/mol. The second-order valence-corrected chi connectivity index (χ2v) is 6.05. The quantitative estimate of drug-likeness (QED) is 0.881. The first kappa shape index (κ1) is 17.5. The van der Waals surface area contributed by atoms with Crippen LogP contribution in [-0.4, -0.2) is 41.7 Å². The highest BCUT2D eigenvalue weighted by Crippen LogP contribution is 2.33. The molecule has 1 saturated heterocycles. The van der Waals surface area contributed by atoms with Crippen LogP contribution in [0.4, 0.5) is 19.0 Å². The van der Waals surface area contributed by atoms with Crippen molar-refractivity contribution in [2.45, 2.75) is 26.1 Å². The zero-order valence-electron chi connectivity index (χ0n) is 13.0. The molecule has 0 saturated carbocycles. The van der Waals surface area contributed by atoms with Gasteiger partial charge in [-0.25, -0.2) is 4.98 Å². The van der Waals surface area contributed by atoms with Crippen LogP contribution in [0.15, 0.2) is 18.3 Å².